The molecular weight excluding hydrogens is 216 g/mol. The number of nitrogen functional groups attached to an aromatic ring is 1. The lowest BCUT2D eigenvalue weighted by atomic mass is 10.1. The highest BCUT2D eigenvalue weighted by atomic mass is 19.1. The Hall–Kier alpha value is -2.24. The summed E-state index contributed by atoms with van der Waals surface area (Å²) < 4.78 is 25.8. The van der Waals surface area contributed by atoms with E-state index in [0.29, 0.717) is 0 Å². The molecule has 1 aromatic heterocycles. The van der Waals surface area contributed by atoms with Crippen molar-refractivity contribution in [2.45, 2.75) is 0 Å². The number of rotatable bonds is 1. The Morgan fingerprint density at radius 2 is 1.81 bits per heavy atom. The summed E-state index contributed by atoms with van der Waals surface area (Å²) in [6.07, 6.45) is 1.24. The Balaban J connectivity index is 2.58. The van der Waals surface area contributed by atoms with E-state index in [-0.39, 0.29) is 17.1 Å². The molecule has 0 spiro atoms. The molecular formula is C10H7F2N3O. The van der Waals surface area contributed by atoms with E-state index in [2.05, 4.69) is 9.97 Å². The number of nitrogens with two attached hydrogens (primary N) is 1. The number of nitrogens with one attached hydrogen (secondary N) is 1. The third-order valence-electron chi connectivity index (χ3n) is 1.99. The summed E-state index contributed by atoms with van der Waals surface area (Å²) in [5.41, 5.74) is 5.03. The SMILES string of the molecule is Nc1ncc(-c2cc(F)cc(F)c2)[nH]c1=O. The van der Waals surface area contributed by atoms with Crippen molar-refractivity contribution in [2.24, 2.45) is 0 Å². The van der Waals surface area contributed by atoms with Crippen LogP contribution < -0.4 is 11.3 Å². The van der Waals surface area contributed by atoms with E-state index in [0.717, 1.165) is 18.2 Å². The first-order valence-corrected chi connectivity index (χ1v) is 4.37. The molecule has 1 aromatic carbocycles. The average Bonchev–Trinajstić information content (AvgIpc) is 2.20. The van der Waals surface area contributed by atoms with Crippen molar-refractivity contribution >= 4 is 5.82 Å². The lowest BCUT2D eigenvalue weighted by Crippen LogP contribution is -2.14. The largest absolute Gasteiger partial charge is 0.379 e. The lowest BCUT2D eigenvalue weighted by Gasteiger charge is -2.02. The zero-order valence-electron chi connectivity index (χ0n) is 8.00. The van der Waals surface area contributed by atoms with Gasteiger partial charge in [-0.3, -0.25) is 4.79 Å². The summed E-state index contributed by atoms with van der Waals surface area (Å²) in [4.78, 5) is 17.1. The summed E-state index contributed by atoms with van der Waals surface area (Å²) in [5.74, 6) is -1.65. The number of H-pyrrole nitrogens is 1. The van der Waals surface area contributed by atoms with Crippen LogP contribution in [0, 0.1) is 11.6 Å². The van der Waals surface area contributed by atoms with E-state index in [1.165, 1.54) is 6.20 Å². The molecule has 1 heterocycles. The first-order chi connectivity index (χ1) is 7.56. The van der Waals surface area contributed by atoms with Gasteiger partial charge in [-0.1, -0.05) is 0 Å². The quantitative estimate of drug-likeness (QED) is 0.765. The van der Waals surface area contributed by atoms with Gasteiger partial charge in [-0.05, 0) is 12.1 Å². The lowest BCUT2D eigenvalue weighted by molar-refractivity contribution is 0.584. The van der Waals surface area contributed by atoms with Crippen LogP contribution in [-0.2, 0) is 0 Å². The second kappa shape index (κ2) is 3.73. The summed E-state index contributed by atoms with van der Waals surface area (Å²) >= 11 is 0. The average molecular weight is 223 g/mol. The van der Waals surface area contributed by atoms with Gasteiger partial charge in [0.05, 0.1) is 11.9 Å². The first-order valence-electron chi connectivity index (χ1n) is 4.37. The molecule has 0 aliphatic rings. The third kappa shape index (κ3) is 1.90. The molecule has 4 nitrogen and oxygen atoms in total. The molecule has 0 fully saturated rings. The zero-order valence-corrected chi connectivity index (χ0v) is 8.00. The van der Waals surface area contributed by atoms with Gasteiger partial charge in [0.15, 0.2) is 5.82 Å². The van der Waals surface area contributed by atoms with Crippen molar-refractivity contribution in [3.63, 3.8) is 0 Å². The van der Waals surface area contributed by atoms with E-state index in [4.69, 9.17) is 5.73 Å². The molecule has 82 valence electrons. The second-order valence-corrected chi connectivity index (χ2v) is 3.17. The fourth-order valence-electron chi connectivity index (χ4n) is 1.27. The van der Waals surface area contributed by atoms with Crippen LogP contribution in [0.2, 0.25) is 0 Å². The molecule has 0 atom stereocenters. The topological polar surface area (TPSA) is 71.8 Å². The summed E-state index contributed by atoms with van der Waals surface area (Å²) in [7, 11) is 0. The van der Waals surface area contributed by atoms with E-state index in [1.54, 1.807) is 0 Å². The normalized spacial score (nSPS) is 10.4. The molecule has 0 unspecified atom stereocenters. The smallest absolute Gasteiger partial charge is 0.290 e. The molecule has 2 rings (SSSR count). The standard InChI is InChI=1S/C10H7F2N3O/c11-6-1-5(2-7(12)3-6)8-4-14-9(13)10(16)15-8/h1-4H,(H2,13,14)(H,15,16). The highest BCUT2D eigenvalue weighted by Gasteiger charge is 2.05. The van der Waals surface area contributed by atoms with Gasteiger partial charge in [-0.15, -0.1) is 0 Å². The van der Waals surface area contributed by atoms with Crippen LogP contribution in [-0.4, -0.2) is 9.97 Å². The van der Waals surface area contributed by atoms with Crippen molar-refractivity contribution in [3.8, 4) is 11.3 Å². The van der Waals surface area contributed by atoms with Crippen LogP contribution in [0.25, 0.3) is 11.3 Å². The van der Waals surface area contributed by atoms with Crippen molar-refractivity contribution in [1.82, 2.24) is 9.97 Å². The van der Waals surface area contributed by atoms with Gasteiger partial charge < -0.3 is 10.7 Å². The van der Waals surface area contributed by atoms with Crippen molar-refractivity contribution < 1.29 is 8.78 Å². The number of hydrogen-bond donors (Lipinski definition) is 2. The maximum atomic E-state index is 12.9. The van der Waals surface area contributed by atoms with Crippen LogP contribution in [0.15, 0.2) is 29.2 Å². The fourth-order valence-corrected chi connectivity index (χ4v) is 1.27. The van der Waals surface area contributed by atoms with E-state index in [9.17, 15) is 13.6 Å². The second-order valence-electron chi connectivity index (χ2n) is 3.17. The Labute approximate surface area is 88.8 Å². The van der Waals surface area contributed by atoms with Gasteiger partial charge in [-0.25, -0.2) is 13.8 Å². The highest BCUT2D eigenvalue weighted by molar-refractivity contribution is 5.58. The minimum absolute atomic E-state index is 0.194. The van der Waals surface area contributed by atoms with Gasteiger partial charge >= 0.3 is 0 Å². The van der Waals surface area contributed by atoms with Crippen molar-refractivity contribution in [1.29, 1.82) is 0 Å². The number of halogens is 2. The van der Waals surface area contributed by atoms with Gasteiger partial charge in [0.2, 0.25) is 0 Å². The Morgan fingerprint density at radius 1 is 1.19 bits per heavy atom. The minimum atomic E-state index is -0.729. The van der Waals surface area contributed by atoms with Crippen molar-refractivity contribution in [2.75, 3.05) is 5.73 Å². The summed E-state index contributed by atoms with van der Waals surface area (Å²) in [5, 5.41) is 0. The van der Waals surface area contributed by atoms with Crippen LogP contribution >= 0.6 is 0 Å². The molecule has 2 aromatic rings. The molecule has 0 aliphatic carbocycles. The van der Waals surface area contributed by atoms with Crippen LogP contribution in [0.5, 0.6) is 0 Å². The predicted octanol–water partition coefficient (Wildman–Crippen LogP) is 1.30. The van der Waals surface area contributed by atoms with Crippen LogP contribution in [0.4, 0.5) is 14.6 Å². The number of nitrogens with zero attached hydrogens (tertiary/aromatic N) is 1. The molecule has 3 N–H and O–H groups in total. The molecule has 0 aliphatic heterocycles. The number of anilines is 1. The predicted molar refractivity (Wildman–Crippen MR) is 54.6 cm³/mol. The summed E-state index contributed by atoms with van der Waals surface area (Å²) in [6.45, 7) is 0. The molecule has 0 bridgehead atoms. The van der Waals surface area contributed by atoms with Gasteiger partial charge in [0.1, 0.15) is 11.6 Å². The zero-order chi connectivity index (χ0) is 11.7. The third-order valence-corrected chi connectivity index (χ3v) is 1.99. The molecule has 0 amide bonds. The Kier molecular flexibility index (Phi) is 2.40. The van der Waals surface area contributed by atoms with E-state index < -0.39 is 17.2 Å². The number of hydrogen-bond acceptors (Lipinski definition) is 3. The number of aromatic nitrogens is 2. The Bertz CT molecular complexity index is 575. The number of benzene rings is 1. The maximum absolute atomic E-state index is 12.9. The van der Waals surface area contributed by atoms with Crippen LogP contribution in [0.1, 0.15) is 0 Å². The number of aromatic amines is 1. The van der Waals surface area contributed by atoms with Gasteiger partial charge in [-0.2, -0.15) is 0 Å². The molecule has 0 saturated carbocycles. The van der Waals surface area contributed by atoms with E-state index >= 15 is 0 Å². The molecule has 6 heteroatoms. The monoisotopic (exact) mass is 223 g/mol. The van der Waals surface area contributed by atoms with Crippen LogP contribution in [0.3, 0.4) is 0 Å². The first kappa shape index (κ1) is 10.3. The maximum Gasteiger partial charge on any atom is 0.290 e. The molecule has 16 heavy (non-hydrogen) atoms. The molecule has 0 radical (unpaired) electrons. The summed E-state index contributed by atoms with van der Waals surface area (Å²) in [6, 6.07) is 2.92. The van der Waals surface area contributed by atoms with Gasteiger partial charge in [0.25, 0.3) is 5.56 Å². The highest BCUT2D eigenvalue weighted by Crippen LogP contribution is 2.17. The minimum Gasteiger partial charge on any atom is -0.379 e. The molecule has 0 saturated heterocycles. The van der Waals surface area contributed by atoms with Crippen molar-refractivity contribution in [3.05, 3.63) is 46.4 Å². The Morgan fingerprint density at radius 3 is 2.38 bits per heavy atom. The fraction of sp³-hybridized carbons (Fsp3) is 0. The van der Waals surface area contributed by atoms with Gasteiger partial charge in [0, 0.05) is 11.6 Å². The van der Waals surface area contributed by atoms with E-state index in [1.807, 2.05) is 0 Å².